The first-order valence-electron chi connectivity index (χ1n) is 9.74. The highest BCUT2D eigenvalue weighted by atomic mass is 35.5. The van der Waals surface area contributed by atoms with Gasteiger partial charge in [-0.15, -0.1) is 11.3 Å². The van der Waals surface area contributed by atoms with Crippen LogP contribution in [0.25, 0.3) is 11.3 Å². The molecule has 0 atom stereocenters. The van der Waals surface area contributed by atoms with Crippen LogP contribution in [-0.2, 0) is 10.0 Å². The van der Waals surface area contributed by atoms with Gasteiger partial charge in [0.25, 0.3) is 15.9 Å². The van der Waals surface area contributed by atoms with Crippen molar-refractivity contribution in [2.24, 2.45) is 0 Å². The Balaban J connectivity index is 1.42. The minimum atomic E-state index is -3.78. The van der Waals surface area contributed by atoms with E-state index in [9.17, 15) is 13.2 Å². The van der Waals surface area contributed by atoms with E-state index >= 15 is 0 Å². The van der Waals surface area contributed by atoms with Crippen molar-refractivity contribution < 1.29 is 17.9 Å². The molecule has 7 nitrogen and oxygen atoms in total. The van der Waals surface area contributed by atoms with Crippen LogP contribution in [0.15, 0.2) is 77.0 Å². The van der Waals surface area contributed by atoms with Gasteiger partial charge in [0.15, 0.2) is 5.13 Å². The Hall–Kier alpha value is -3.11. The zero-order valence-electron chi connectivity index (χ0n) is 17.6. The van der Waals surface area contributed by atoms with Crippen molar-refractivity contribution in [1.29, 1.82) is 0 Å². The number of aromatic nitrogens is 1. The highest BCUT2D eigenvalue weighted by Gasteiger charge is 2.15. The number of ether oxygens (including phenoxy) is 1. The fourth-order valence-corrected chi connectivity index (χ4v) is 5.02. The molecule has 0 saturated carbocycles. The van der Waals surface area contributed by atoms with Gasteiger partial charge in [-0.05, 0) is 60.7 Å². The van der Waals surface area contributed by atoms with Crippen LogP contribution in [0, 0.1) is 0 Å². The molecule has 0 saturated heterocycles. The van der Waals surface area contributed by atoms with Gasteiger partial charge in [-0.3, -0.25) is 14.8 Å². The molecule has 11 heteroatoms. The number of methoxy groups -OCH3 is 1. The van der Waals surface area contributed by atoms with Crippen LogP contribution in [0.2, 0.25) is 10.0 Å². The first-order valence-corrected chi connectivity index (χ1v) is 12.9. The molecule has 0 radical (unpaired) electrons. The van der Waals surface area contributed by atoms with Gasteiger partial charge in [0.2, 0.25) is 0 Å². The Bertz CT molecular complexity index is 1440. The van der Waals surface area contributed by atoms with Crippen molar-refractivity contribution in [3.05, 3.63) is 87.7 Å². The number of anilines is 2. The summed E-state index contributed by atoms with van der Waals surface area (Å²) in [6.07, 6.45) is 0. The molecule has 4 rings (SSSR count). The SMILES string of the molecule is COc1ccc(S(=O)(=O)Nc2ccc(C(=O)Nc3nc(-c4ccc(Cl)c(Cl)c4)cs3)cc2)cc1. The number of benzene rings is 3. The van der Waals surface area contributed by atoms with E-state index in [0.717, 1.165) is 5.56 Å². The number of nitrogens with one attached hydrogen (secondary N) is 2. The third-order valence-electron chi connectivity index (χ3n) is 4.71. The summed E-state index contributed by atoms with van der Waals surface area (Å²) in [5, 5.41) is 5.81. The second kappa shape index (κ2) is 10.0. The lowest BCUT2D eigenvalue weighted by Gasteiger charge is -2.09. The molecule has 4 aromatic rings. The van der Waals surface area contributed by atoms with Crippen molar-refractivity contribution in [2.45, 2.75) is 4.90 Å². The van der Waals surface area contributed by atoms with Crippen molar-refractivity contribution >= 4 is 61.3 Å². The maximum absolute atomic E-state index is 12.6. The van der Waals surface area contributed by atoms with Gasteiger partial charge >= 0.3 is 0 Å². The Morgan fingerprint density at radius 1 is 0.971 bits per heavy atom. The Labute approximate surface area is 210 Å². The van der Waals surface area contributed by atoms with Crippen LogP contribution >= 0.6 is 34.5 Å². The van der Waals surface area contributed by atoms with Crippen LogP contribution in [0.1, 0.15) is 10.4 Å². The summed E-state index contributed by atoms with van der Waals surface area (Å²) in [5.74, 6) is 0.179. The summed E-state index contributed by atoms with van der Waals surface area (Å²) >= 11 is 13.3. The second-order valence-corrected chi connectivity index (χ2v) is 10.3. The molecule has 0 aliphatic carbocycles. The Morgan fingerprint density at radius 3 is 2.32 bits per heavy atom. The van der Waals surface area contributed by atoms with Gasteiger partial charge in [0.05, 0.1) is 27.7 Å². The monoisotopic (exact) mass is 533 g/mol. The Morgan fingerprint density at radius 2 is 1.68 bits per heavy atom. The predicted octanol–water partition coefficient (Wildman–Crippen LogP) is 6.18. The first-order chi connectivity index (χ1) is 16.2. The number of amides is 1. The molecule has 1 amide bonds. The maximum Gasteiger partial charge on any atom is 0.261 e. The Kier molecular flexibility index (Phi) is 7.08. The molecular formula is C23H17Cl2N3O4S2. The van der Waals surface area contributed by atoms with Crippen LogP contribution < -0.4 is 14.8 Å². The van der Waals surface area contributed by atoms with Gasteiger partial charge in [0.1, 0.15) is 5.75 Å². The lowest BCUT2D eigenvalue weighted by atomic mass is 10.2. The maximum atomic E-state index is 12.6. The molecule has 2 N–H and O–H groups in total. The molecule has 1 heterocycles. The molecule has 1 aromatic heterocycles. The van der Waals surface area contributed by atoms with E-state index in [-0.39, 0.29) is 10.8 Å². The molecular weight excluding hydrogens is 517 g/mol. The van der Waals surface area contributed by atoms with E-state index in [1.165, 1.54) is 54.8 Å². The highest BCUT2D eigenvalue weighted by Crippen LogP contribution is 2.30. The molecule has 0 aliphatic heterocycles. The molecule has 0 bridgehead atoms. The highest BCUT2D eigenvalue weighted by molar-refractivity contribution is 7.92. The number of carbonyl (C=O) groups excluding carboxylic acids is 1. The summed E-state index contributed by atoms with van der Waals surface area (Å²) in [7, 11) is -2.28. The minimum Gasteiger partial charge on any atom is -0.497 e. The number of hydrogen-bond donors (Lipinski definition) is 2. The molecule has 0 unspecified atom stereocenters. The van der Waals surface area contributed by atoms with E-state index in [1.54, 1.807) is 35.7 Å². The fourth-order valence-electron chi connectivity index (χ4n) is 2.95. The topological polar surface area (TPSA) is 97.4 Å². The zero-order valence-corrected chi connectivity index (χ0v) is 20.7. The third-order valence-corrected chi connectivity index (χ3v) is 7.60. The van der Waals surface area contributed by atoms with Gasteiger partial charge in [-0.1, -0.05) is 29.3 Å². The average molecular weight is 534 g/mol. The number of nitrogens with zero attached hydrogens (tertiary/aromatic N) is 1. The molecule has 3 aromatic carbocycles. The predicted molar refractivity (Wildman–Crippen MR) is 136 cm³/mol. The van der Waals surface area contributed by atoms with Crippen molar-refractivity contribution in [2.75, 3.05) is 17.1 Å². The van der Waals surface area contributed by atoms with Crippen LogP contribution in [0.4, 0.5) is 10.8 Å². The summed E-state index contributed by atoms with van der Waals surface area (Å²) in [5.41, 5.74) is 2.10. The fraction of sp³-hybridized carbons (Fsp3) is 0.0435. The smallest absolute Gasteiger partial charge is 0.261 e. The number of thiazole rings is 1. The minimum absolute atomic E-state index is 0.0941. The van der Waals surface area contributed by atoms with E-state index < -0.39 is 10.0 Å². The number of halogens is 2. The van der Waals surface area contributed by atoms with Crippen molar-refractivity contribution in [3.8, 4) is 17.0 Å². The first kappa shape index (κ1) is 24.0. The number of sulfonamides is 1. The number of hydrogen-bond acceptors (Lipinski definition) is 6. The molecule has 0 aliphatic rings. The molecule has 0 spiro atoms. The van der Waals surface area contributed by atoms with Crippen LogP contribution in [0.3, 0.4) is 0 Å². The zero-order chi connectivity index (χ0) is 24.3. The lowest BCUT2D eigenvalue weighted by Crippen LogP contribution is -2.14. The van der Waals surface area contributed by atoms with Gasteiger partial charge < -0.3 is 4.74 Å². The van der Waals surface area contributed by atoms with E-state index in [4.69, 9.17) is 27.9 Å². The van der Waals surface area contributed by atoms with Gasteiger partial charge in [0, 0.05) is 22.2 Å². The second-order valence-electron chi connectivity index (χ2n) is 6.98. The summed E-state index contributed by atoms with van der Waals surface area (Å²) in [6, 6.07) is 17.3. The molecule has 34 heavy (non-hydrogen) atoms. The molecule has 0 fully saturated rings. The molecule has 174 valence electrons. The quantitative estimate of drug-likeness (QED) is 0.295. The number of carbonyl (C=O) groups is 1. The largest absolute Gasteiger partial charge is 0.497 e. The van der Waals surface area contributed by atoms with Crippen molar-refractivity contribution in [1.82, 2.24) is 4.98 Å². The van der Waals surface area contributed by atoms with E-state index in [0.29, 0.717) is 37.9 Å². The van der Waals surface area contributed by atoms with Gasteiger partial charge in [-0.25, -0.2) is 13.4 Å². The lowest BCUT2D eigenvalue weighted by molar-refractivity contribution is 0.102. The van der Waals surface area contributed by atoms with Crippen LogP contribution in [0.5, 0.6) is 5.75 Å². The van der Waals surface area contributed by atoms with E-state index in [2.05, 4.69) is 15.0 Å². The summed E-state index contributed by atoms with van der Waals surface area (Å²) in [4.78, 5) is 17.1. The standard InChI is InChI=1S/C23H17Cl2N3O4S2/c1-32-17-7-9-18(10-8-17)34(30,31)28-16-5-2-14(3-6-16)22(29)27-23-26-21(13-33-23)15-4-11-19(24)20(25)12-15/h2-13,28H,1H3,(H,26,27,29). The summed E-state index contributed by atoms with van der Waals surface area (Å²) < 4.78 is 32.7. The van der Waals surface area contributed by atoms with Gasteiger partial charge in [-0.2, -0.15) is 0 Å². The average Bonchev–Trinajstić information content (AvgIpc) is 3.29. The normalized spacial score (nSPS) is 11.1. The number of rotatable bonds is 7. The van der Waals surface area contributed by atoms with E-state index in [1.807, 2.05) is 0 Å². The third kappa shape index (κ3) is 5.51. The summed E-state index contributed by atoms with van der Waals surface area (Å²) in [6.45, 7) is 0. The van der Waals surface area contributed by atoms with Crippen LogP contribution in [-0.4, -0.2) is 26.4 Å². The van der Waals surface area contributed by atoms with Crippen molar-refractivity contribution in [3.63, 3.8) is 0 Å².